The van der Waals surface area contributed by atoms with Crippen molar-refractivity contribution in [1.29, 1.82) is 0 Å². The van der Waals surface area contributed by atoms with Gasteiger partial charge in [-0.25, -0.2) is 4.79 Å². The number of hydrogen-bond donors (Lipinski definition) is 4. The lowest BCUT2D eigenvalue weighted by molar-refractivity contribution is -0.879. The first-order valence-electron chi connectivity index (χ1n) is 10.6. The van der Waals surface area contributed by atoms with Crippen LogP contribution in [0.1, 0.15) is 31.7 Å². The van der Waals surface area contributed by atoms with E-state index in [0.717, 1.165) is 30.8 Å². The summed E-state index contributed by atoms with van der Waals surface area (Å²) in [6.45, 7) is 4.63. The number of anilines is 2. The quantitative estimate of drug-likeness (QED) is 0.474. The number of carbonyl (C=O) groups excluding carboxylic acids is 2. The number of nitrogens with one attached hydrogen (secondary N) is 3. The molecule has 4 N–H and O–H groups in total. The van der Waals surface area contributed by atoms with Crippen LogP contribution in [0.4, 0.5) is 16.2 Å². The highest BCUT2D eigenvalue weighted by molar-refractivity contribution is 6.11. The van der Waals surface area contributed by atoms with Crippen LogP contribution in [0.2, 0.25) is 0 Å². The predicted molar refractivity (Wildman–Crippen MR) is 117 cm³/mol. The molecule has 1 aliphatic rings. The molecule has 2 aromatic carbocycles. The van der Waals surface area contributed by atoms with E-state index >= 15 is 0 Å². The normalized spacial score (nSPS) is 19.0. The second-order valence-electron chi connectivity index (χ2n) is 7.74. The lowest BCUT2D eigenvalue weighted by atomic mass is 9.95. The van der Waals surface area contributed by atoms with Gasteiger partial charge < -0.3 is 20.6 Å². The number of aliphatic hydroxyl groups is 1. The van der Waals surface area contributed by atoms with Gasteiger partial charge in [0.05, 0.1) is 25.8 Å². The van der Waals surface area contributed by atoms with E-state index in [1.54, 1.807) is 48.5 Å². The molecule has 1 aliphatic heterocycles. The third kappa shape index (κ3) is 4.47. The zero-order valence-corrected chi connectivity index (χ0v) is 17.6. The van der Waals surface area contributed by atoms with Gasteiger partial charge in [0.15, 0.2) is 0 Å². The van der Waals surface area contributed by atoms with Gasteiger partial charge in [-0.1, -0.05) is 49.7 Å². The van der Waals surface area contributed by atoms with Gasteiger partial charge in [0.25, 0.3) is 11.6 Å². The molecule has 3 rings (SSSR count). The molecule has 0 saturated heterocycles. The average molecular weight is 412 g/mol. The molecule has 7 heteroatoms. The van der Waals surface area contributed by atoms with E-state index in [9.17, 15) is 14.7 Å². The van der Waals surface area contributed by atoms with Crippen molar-refractivity contribution in [1.82, 2.24) is 5.32 Å². The second-order valence-corrected chi connectivity index (χ2v) is 7.74. The van der Waals surface area contributed by atoms with E-state index in [4.69, 9.17) is 0 Å². The van der Waals surface area contributed by atoms with Gasteiger partial charge in [0, 0.05) is 24.2 Å². The van der Waals surface area contributed by atoms with Crippen molar-refractivity contribution < 1.29 is 19.6 Å². The molecule has 0 aliphatic carbocycles. The first kappa shape index (κ1) is 21.8. The van der Waals surface area contributed by atoms with Crippen molar-refractivity contribution in [2.45, 2.75) is 31.9 Å². The fourth-order valence-electron chi connectivity index (χ4n) is 3.76. The van der Waals surface area contributed by atoms with Gasteiger partial charge in [-0.2, -0.15) is 0 Å². The molecule has 30 heavy (non-hydrogen) atoms. The Kier molecular flexibility index (Phi) is 7.07. The number of carbonyl (C=O) groups is 2. The first-order chi connectivity index (χ1) is 14.5. The van der Waals surface area contributed by atoms with Crippen molar-refractivity contribution in [3.05, 3.63) is 60.2 Å². The third-order valence-corrected chi connectivity index (χ3v) is 5.42. The summed E-state index contributed by atoms with van der Waals surface area (Å²) in [6.07, 6.45) is 3.13. The van der Waals surface area contributed by atoms with Crippen molar-refractivity contribution in [2.24, 2.45) is 0 Å². The molecular weight excluding hydrogens is 380 g/mol. The van der Waals surface area contributed by atoms with Crippen LogP contribution < -0.4 is 20.4 Å². The van der Waals surface area contributed by atoms with Crippen LogP contribution in [0.25, 0.3) is 0 Å². The summed E-state index contributed by atoms with van der Waals surface area (Å²) in [6, 6.07) is 15.0. The third-order valence-electron chi connectivity index (χ3n) is 5.42. The fourth-order valence-corrected chi connectivity index (χ4v) is 3.76. The fraction of sp³-hybridized carbons (Fsp3) is 0.391. The number of benzene rings is 2. The van der Waals surface area contributed by atoms with Crippen LogP contribution in [0.5, 0.6) is 0 Å². The molecule has 0 spiro atoms. The van der Waals surface area contributed by atoms with Crippen LogP contribution in [0.3, 0.4) is 0 Å². The molecule has 0 radical (unpaired) electrons. The molecule has 2 aromatic rings. The minimum atomic E-state index is -2.14. The standard InChI is InChI=1S/C23H30N4O3/c1-3-4-16-26(2)17-10-15-24-21(28)23(30)19-13-8-9-14-20(19)25-22(29)27(23)18-11-6-5-7-12-18/h5-9,11-14,30H,3-4,10,15-17H2,1-2H3,(H,24,28)(H,25,29)/p+1. The monoisotopic (exact) mass is 411 g/mol. The summed E-state index contributed by atoms with van der Waals surface area (Å²) in [5.74, 6) is -0.611. The van der Waals surface area contributed by atoms with Gasteiger partial charge >= 0.3 is 6.03 Å². The minimum absolute atomic E-state index is 0.344. The van der Waals surface area contributed by atoms with Gasteiger partial charge in [0.1, 0.15) is 0 Å². The molecule has 0 bridgehead atoms. The van der Waals surface area contributed by atoms with Crippen LogP contribution in [-0.2, 0) is 10.5 Å². The number of amides is 3. The van der Waals surface area contributed by atoms with Crippen LogP contribution in [0.15, 0.2) is 54.6 Å². The van der Waals surface area contributed by atoms with Crippen LogP contribution >= 0.6 is 0 Å². The SMILES string of the molecule is CCCC[NH+](C)CCCNC(=O)C1(O)c2ccccc2NC(=O)N1c1ccccc1. The average Bonchev–Trinajstić information content (AvgIpc) is 2.75. The topological polar surface area (TPSA) is 86.1 Å². The molecule has 3 amide bonds. The summed E-state index contributed by atoms with van der Waals surface area (Å²) < 4.78 is 0. The maximum absolute atomic E-state index is 13.2. The van der Waals surface area contributed by atoms with Crippen molar-refractivity contribution in [2.75, 3.05) is 36.9 Å². The van der Waals surface area contributed by atoms with Crippen molar-refractivity contribution >= 4 is 23.3 Å². The highest BCUT2D eigenvalue weighted by atomic mass is 16.3. The van der Waals surface area contributed by atoms with E-state index in [1.165, 1.54) is 11.3 Å². The Bertz CT molecular complexity index is 874. The predicted octanol–water partition coefficient (Wildman–Crippen LogP) is 1.70. The molecule has 160 valence electrons. The number of rotatable bonds is 9. The Morgan fingerprint density at radius 3 is 2.50 bits per heavy atom. The van der Waals surface area contributed by atoms with Gasteiger partial charge in [-0.05, 0) is 24.6 Å². The molecular formula is C23H31N4O3+. The van der Waals surface area contributed by atoms with Crippen LogP contribution in [-0.4, -0.2) is 43.7 Å². The highest BCUT2D eigenvalue weighted by Gasteiger charge is 2.51. The van der Waals surface area contributed by atoms with E-state index < -0.39 is 17.7 Å². The van der Waals surface area contributed by atoms with E-state index in [1.807, 2.05) is 6.07 Å². The number of hydrogen-bond acceptors (Lipinski definition) is 3. The Balaban J connectivity index is 1.80. The van der Waals surface area contributed by atoms with Gasteiger partial charge in [0.2, 0.25) is 0 Å². The summed E-state index contributed by atoms with van der Waals surface area (Å²) >= 11 is 0. The van der Waals surface area contributed by atoms with Gasteiger partial charge in [-0.3, -0.25) is 9.69 Å². The maximum atomic E-state index is 13.2. The zero-order valence-electron chi connectivity index (χ0n) is 17.6. The van der Waals surface area contributed by atoms with E-state index in [-0.39, 0.29) is 0 Å². The lowest BCUT2D eigenvalue weighted by Gasteiger charge is -2.42. The summed E-state index contributed by atoms with van der Waals surface area (Å²) in [7, 11) is 2.14. The number of fused-ring (bicyclic) bond motifs is 1. The number of unbranched alkanes of at least 4 members (excludes halogenated alkanes) is 1. The first-order valence-corrected chi connectivity index (χ1v) is 10.6. The van der Waals surface area contributed by atoms with Crippen LogP contribution in [0, 0.1) is 0 Å². The van der Waals surface area contributed by atoms with E-state index in [2.05, 4.69) is 24.6 Å². The molecule has 0 aromatic heterocycles. The number of para-hydroxylation sites is 2. The summed E-state index contributed by atoms with van der Waals surface area (Å²) in [5, 5.41) is 17.3. The Hall–Kier alpha value is -2.90. The number of quaternary nitrogens is 1. The summed E-state index contributed by atoms with van der Waals surface area (Å²) in [4.78, 5) is 28.6. The minimum Gasteiger partial charge on any atom is -0.359 e. The van der Waals surface area contributed by atoms with Crippen molar-refractivity contribution in [3.8, 4) is 0 Å². The largest absolute Gasteiger partial charge is 0.359 e. The lowest BCUT2D eigenvalue weighted by Crippen LogP contribution is -3.09. The molecule has 1 heterocycles. The number of nitrogens with zero attached hydrogens (tertiary/aromatic N) is 1. The molecule has 0 fully saturated rings. The second kappa shape index (κ2) is 9.73. The maximum Gasteiger partial charge on any atom is 0.329 e. The van der Waals surface area contributed by atoms with E-state index in [0.29, 0.717) is 23.5 Å². The molecule has 2 unspecified atom stereocenters. The zero-order chi connectivity index (χ0) is 21.6. The molecule has 2 atom stereocenters. The Morgan fingerprint density at radius 2 is 1.77 bits per heavy atom. The smallest absolute Gasteiger partial charge is 0.329 e. The molecule has 7 nitrogen and oxygen atoms in total. The van der Waals surface area contributed by atoms with Gasteiger partial charge in [-0.15, -0.1) is 0 Å². The van der Waals surface area contributed by atoms with Crippen molar-refractivity contribution in [3.63, 3.8) is 0 Å². The molecule has 0 saturated carbocycles. The highest BCUT2D eigenvalue weighted by Crippen LogP contribution is 2.39. The Morgan fingerprint density at radius 1 is 1.10 bits per heavy atom. The summed E-state index contributed by atoms with van der Waals surface area (Å²) in [5.41, 5.74) is -0.931. The number of urea groups is 1. The Labute approximate surface area is 177 Å².